The first-order chi connectivity index (χ1) is 11.8. The summed E-state index contributed by atoms with van der Waals surface area (Å²) in [6.07, 6.45) is 4.24. The standard InChI is InChI=1S/C18H17N3O2S/c1-23-15-6-4-13(5-7-15)18(22)20-10-8-17-21-16(12-24-17)14-3-2-9-19-11-14/h2-7,9,11-12H,8,10H2,1H3,(H,20,22). The molecule has 3 rings (SSSR count). The second-order valence-electron chi connectivity index (χ2n) is 5.10. The molecule has 122 valence electrons. The lowest BCUT2D eigenvalue weighted by Crippen LogP contribution is -2.25. The number of aromatic nitrogens is 2. The highest BCUT2D eigenvalue weighted by Gasteiger charge is 2.07. The number of benzene rings is 1. The molecule has 2 aromatic heterocycles. The number of carbonyl (C=O) groups is 1. The van der Waals surface area contributed by atoms with Crippen molar-refractivity contribution in [1.29, 1.82) is 0 Å². The van der Waals surface area contributed by atoms with Gasteiger partial charge in [-0.3, -0.25) is 9.78 Å². The smallest absolute Gasteiger partial charge is 0.251 e. The number of hydrogen-bond acceptors (Lipinski definition) is 5. The molecule has 1 N–H and O–H groups in total. The van der Waals surface area contributed by atoms with Gasteiger partial charge < -0.3 is 10.1 Å². The predicted molar refractivity (Wildman–Crippen MR) is 94.4 cm³/mol. The van der Waals surface area contributed by atoms with Crippen LogP contribution in [0.1, 0.15) is 15.4 Å². The largest absolute Gasteiger partial charge is 0.497 e. The van der Waals surface area contributed by atoms with E-state index in [1.807, 2.05) is 17.5 Å². The van der Waals surface area contributed by atoms with Crippen molar-refractivity contribution >= 4 is 17.2 Å². The normalized spacial score (nSPS) is 10.4. The van der Waals surface area contributed by atoms with Gasteiger partial charge in [0.05, 0.1) is 17.8 Å². The van der Waals surface area contributed by atoms with E-state index >= 15 is 0 Å². The number of methoxy groups -OCH3 is 1. The molecular weight excluding hydrogens is 322 g/mol. The molecule has 0 aliphatic carbocycles. The number of hydrogen-bond donors (Lipinski definition) is 1. The van der Waals surface area contributed by atoms with E-state index in [0.717, 1.165) is 22.0 Å². The maximum absolute atomic E-state index is 12.1. The van der Waals surface area contributed by atoms with Crippen LogP contribution in [0.15, 0.2) is 54.2 Å². The van der Waals surface area contributed by atoms with Gasteiger partial charge in [-0.25, -0.2) is 4.98 Å². The Morgan fingerprint density at radius 1 is 1.25 bits per heavy atom. The van der Waals surface area contributed by atoms with Crippen LogP contribution in [0.5, 0.6) is 5.75 Å². The van der Waals surface area contributed by atoms with Gasteiger partial charge in [0.15, 0.2) is 0 Å². The molecule has 0 fully saturated rings. The summed E-state index contributed by atoms with van der Waals surface area (Å²) in [6, 6.07) is 10.9. The van der Waals surface area contributed by atoms with Crippen molar-refractivity contribution in [3.05, 3.63) is 64.7 Å². The van der Waals surface area contributed by atoms with Crippen molar-refractivity contribution in [3.63, 3.8) is 0 Å². The molecule has 24 heavy (non-hydrogen) atoms. The summed E-state index contributed by atoms with van der Waals surface area (Å²) in [5, 5.41) is 5.91. The van der Waals surface area contributed by atoms with E-state index in [0.29, 0.717) is 18.5 Å². The van der Waals surface area contributed by atoms with E-state index in [1.165, 1.54) is 0 Å². The summed E-state index contributed by atoms with van der Waals surface area (Å²) < 4.78 is 5.08. The van der Waals surface area contributed by atoms with Crippen LogP contribution in [-0.2, 0) is 6.42 Å². The molecular formula is C18H17N3O2S. The van der Waals surface area contributed by atoms with Gasteiger partial charge in [0.1, 0.15) is 5.75 Å². The van der Waals surface area contributed by atoms with E-state index in [4.69, 9.17) is 4.74 Å². The van der Waals surface area contributed by atoms with Gasteiger partial charge in [-0.2, -0.15) is 0 Å². The van der Waals surface area contributed by atoms with E-state index < -0.39 is 0 Å². The fourth-order valence-electron chi connectivity index (χ4n) is 2.20. The van der Waals surface area contributed by atoms with Crippen LogP contribution in [0.2, 0.25) is 0 Å². The van der Waals surface area contributed by atoms with Gasteiger partial charge in [0.2, 0.25) is 0 Å². The summed E-state index contributed by atoms with van der Waals surface area (Å²) in [7, 11) is 1.60. The summed E-state index contributed by atoms with van der Waals surface area (Å²) in [5.74, 6) is 0.638. The van der Waals surface area contributed by atoms with Crippen molar-refractivity contribution in [2.45, 2.75) is 6.42 Å². The molecule has 0 radical (unpaired) electrons. The Balaban J connectivity index is 1.53. The highest BCUT2D eigenvalue weighted by atomic mass is 32.1. The fourth-order valence-corrected chi connectivity index (χ4v) is 3.01. The predicted octanol–water partition coefficient (Wildman–Crippen LogP) is 3.19. The summed E-state index contributed by atoms with van der Waals surface area (Å²) in [6.45, 7) is 0.546. The third-order valence-corrected chi connectivity index (χ3v) is 4.39. The molecule has 0 atom stereocenters. The highest BCUT2D eigenvalue weighted by molar-refractivity contribution is 7.09. The lowest BCUT2D eigenvalue weighted by molar-refractivity contribution is 0.0954. The van der Waals surface area contributed by atoms with E-state index in [9.17, 15) is 4.79 Å². The number of amides is 1. The Morgan fingerprint density at radius 3 is 2.79 bits per heavy atom. The molecule has 0 bridgehead atoms. The topological polar surface area (TPSA) is 64.1 Å². The van der Waals surface area contributed by atoms with Crippen molar-refractivity contribution in [2.24, 2.45) is 0 Å². The Bertz CT molecular complexity index is 801. The average molecular weight is 339 g/mol. The third-order valence-electron chi connectivity index (χ3n) is 3.49. The lowest BCUT2D eigenvalue weighted by Gasteiger charge is -2.05. The molecule has 1 amide bonds. The summed E-state index contributed by atoms with van der Waals surface area (Å²) in [4.78, 5) is 20.8. The molecule has 0 saturated heterocycles. The summed E-state index contributed by atoms with van der Waals surface area (Å²) >= 11 is 1.59. The molecule has 0 aliphatic heterocycles. The van der Waals surface area contributed by atoms with Gasteiger partial charge in [-0.1, -0.05) is 0 Å². The minimum Gasteiger partial charge on any atom is -0.497 e. The van der Waals surface area contributed by atoms with Crippen LogP contribution in [0.3, 0.4) is 0 Å². The molecule has 5 nitrogen and oxygen atoms in total. The molecule has 1 aromatic carbocycles. The Kier molecular flexibility index (Phi) is 5.18. The number of thiazole rings is 1. The first-order valence-corrected chi connectivity index (χ1v) is 8.41. The first-order valence-electron chi connectivity index (χ1n) is 7.53. The average Bonchev–Trinajstić information content (AvgIpc) is 3.11. The fraction of sp³-hybridized carbons (Fsp3) is 0.167. The molecule has 6 heteroatoms. The number of carbonyl (C=O) groups excluding carboxylic acids is 1. The minimum atomic E-state index is -0.0957. The zero-order valence-corrected chi connectivity index (χ0v) is 14.0. The van der Waals surface area contributed by atoms with Crippen molar-refractivity contribution < 1.29 is 9.53 Å². The minimum absolute atomic E-state index is 0.0957. The maximum Gasteiger partial charge on any atom is 0.251 e. The van der Waals surface area contributed by atoms with Gasteiger partial charge in [-0.05, 0) is 36.4 Å². The zero-order valence-electron chi connectivity index (χ0n) is 13.2. The van der Waals surface area contributed by atoms with E-state index in [2.05, 4.69) is 15.3 Å². The number of nitrogens with zero attached hydrogens (tertiary/aromatic N) is 2. The molecule has 0 aliphatic rings. The van der Waals surface area contributed by atoms with Crippen LogP contribution >= 0.6 is 11.3 Å². The first kappa shape index (κ1) is 16.1. The number of rotatable bonds is 6. The number of nitrogens with one attached hydrogen (secondary N) is 1. The van der Waals surface area contributed by atoms with Gasteiger partial charge in [0.25, 0.3) is 5.91 Å². The van der Waals surface area contributed by atoms with Crippen LogP contribution in [0.25, 0.3) is 11.3 Å². The lowest BCUT2D eigenvalue weighted by atomic mass is 10.2. The molecule has 2 heterocycles. The Hall–Kier alpha value is -2.73. The van der Waals surface area contributed by atoms with E-state index in [1.54, 1.807) is 55.1 Å². The van der Waals surface area contributed by atoms with Crippen molar-refractivity contribution in [3.8, 4) is 17.0 Å². The quantitative estimate of drug-likeness (QED) is 0.749. The van der Waals surface area contributed by atoms with Crippen molar-refractivity contribution in [1.82, 2.24) is 15.3 Å². The molecule has 0 unspecified atom stereocenters. The van der Waals surface area contributed by atoms with Gasteiger partial charge >= 0.3 is 0 Å². The van der Waals surface area contributed by atoms with Gasteiger partial charge in [0, 0.05) is 41.9 Å². The second-order valence-corrected chi connectivity index (χ2v) is 6.05. The molecule has 0 spiro atoms. The third kappa shape index (κ3) is 3.97. The van der Waals surface area contributed by atoms with Crippen LogP contribution < -0.4 is 10.1 Å². The van der Waals surface area contributed by atoms with Crippen LogP contribution in [0, 0.1) is 0 Å². The maximum atomic E-state index is 12.1. The Labute approximate surface area is 144 Å². The SMILES string of the molecule is COc1ccc(C(=O)NCCc2nc(-c3cccnc3)cs2)cc1. The summed E-state index contributed by atoms with van der Waals surface area (Å²) in [5.41, 5.74) is 2.54. The number of ether oxygens (including phenoxy) is 1. The molecule has 0 saturated carbocycles. The second kappa shape index (κ2) is 7.70. The van der Waals surface area contributed by atoms with Crippen LogP contribution in [-0.4, -0.2) is 29.5 Å². The monoisotopic (exact) mass is 339 g/mol. The van der Waals surface area contributed by atoms with E-state index in [-0.39, 0.29) is 5.91 Å². The van der Waals surface area contributed by atoms with Crippen molar-refractivity contribution in [2.75, 3.05) is 13.7 Å². The van der Waals surface area contributed by atoms with Gasteiger partial charge in [-0.15, -0.1) is 11.3 Å². The Morgan fingerprint density at radius 2 is 2.08 bits per heavy atom. The zero-order chi connectivity index (χ0) is 16.8. The number of pyridine rings is 1. The highest BCUT2D eigenvalue weighted by Crippen LogP contribution is 2.21. The molecule has 3 aromatic rings. The van der Waals surface area contributed by atoms with Crippen LogP contribution in [0.4, 0.5) is 0 Å².